The highest BCUT2D eigenvalue weighted by Crippen LogP contribution is 2.16. The molecule has 6 nitrogen and oxygen atoms in total. The van der Waals surface area contributed by atoms with Crippen LogP contribution in [0.25, 0.3) is 11.1 Å². The second kappa shape index (κ2) is 5.68. The fraction of sp³-hybridized carbons (Fsp3) is 0.188. The average Bonchev–Trinajstić information content (AvgIpc) is 2.87. The summed E-state index contributed by atoms with van der Waals surface area (Å²) >= 11 is 0. The molecule has 0 saturated carbocycles. The molecule has 1 heterocycles. The Hall–Kier alpha value is -2.38. The van der Waals surface area contributed by atoms with Crippen molar-refractivity contribution >= 4 is 21.1 Å². The number of aryl methyl sites for hydroxylation is 2. The van der Waals surface area contributed by atoms with E-state index in [1.807, 2.05) is 13.8 Å². The third-order valence-electron chi connectivity index (χ3n) is 3.74. The van der Waals surface area contributed by atoms with Crippen molar-refractivity contribution in [2.45, 2.75) is 25.3 Å². The van der Waals surface area contributed by atoms with Crippen LogP contribution in [0.1, 0.15) is 16.7 Å². The van der Waals surface area contributed by atoms with Crippen LogP contribution in [0.4, 0.5) is 0 Å². The molecule has 0 radical (unpaired) electrons. The van der Waals surface area contributed by atoms with E-state index < -0.39 is 15.8 Å². The maximum Gasteiger partial charge on any atom is 0.417 e. The molecular formula is C16H16N2O4S. The molecule has 0 aliphatic carbocycles. The van der Waals surface area contributed by atoms with E-state index in [0.717, 1.165) is 11.1 Å². The summed E-state index contributed by atoms with van der Waals surface area (Å²) in [7, 11) is -3.60. The van der Waals surface area contributed by atoms with Gasteiger partial charge in [-0.2, -0.15) is 0 Å². The van der Waals surface area contributed by atoms with Gasteiger partial charge in [0.25, 0.3) is 0 Å². The first-order chi connectivity index (χ1) is 10.8. The molecular weight excluding hydrogens is 316 g/mol. The third kappa shape index (κ3) is 3.20. The third-order valence-corrected chi connectivity index (χ3v) is 5.14. The summed E-state index contributed by atoms with van der Waals surface area (Å²) in [6.45, 7) is 3.91. The quantitative estimate of drug-likeness (QED) is 0.766. The molecule has 0 bridgehead atoms. The van der Waals surface area contributed by atoms with E-state index in [4.69, 9.17) is 4.42 Å². The Morgan fingerprint density at radius 1 is 1.09 bits per heavy atom. The number of aromatic nitrogens is 1. The van der Waals surface area contributed by atoms with E-state index in [0.29, 0.717) is 16.7 Å². The summed E-state index contributed by atoms with van der Waals surface area (Å²) in [5.74, 6) is -0.534. The molecule has 7 heteroatoms. The minimum Gasteiger partial charge on any atom is -0.408 e. The maximum atomic E-state index is 12.3. The maximum absolute atomic E-state index is 12.3. The first-order valence-corrected chi connectivity index (χ1v) is 8.52. The van der Waals surface area contributed by atoms with Crippen molar-refractivity contribution in [3.63, 3.8) is 0 Å². The van der Waals surface area contributed by atoms with Crippen LogP contribution < -0.4 is 10.5 Å². The average molecular weight is 332 g/mol. The minimum atomic E-state index is -3.60. The first-order valence-electron chi connectivity index (χ1n) is 7.04. The van der Waals surface area contributed by atoms with Gasteiger partial charge in [0.05, 0.1) is 10.4 Å². The number of H-pyrrole nitrogens is 1. The molecule has 120 valence electrons. The first kappa shape index (κ1) is 15.5. The number of benzene rings is 2. The molecule has 0 spiro atoms. The highest BCUT2D eigenvalue weighted by molar-refractivity contribution is 7.89. The Labute approximate surface area is 133 Å². The van der Waals surface area contributed by atoms with Crippen LogP contribution in [0.2, 0.25) is 0 Å². The predicted molar refractivity (Wildman–Crippen MR) is 86.8 cm³/mol. The number of fused-ring (bicyclic) bond motifs is 1. The highest BCUT2D eigenvalue weighted by atomic mass is 32.2. The van der Waals surface area contributed by atoms with Crippen LogP contribution >= 0.6 is 0 Å². The Bertz CT molecular complexity index is 1030. The molecule has 23 heavy (non-hydrogen) atoms. The lowest BCUT2D eigenvalue weighted by Gasteiger charge is -2.08. The Morgan fingerprint density at radius 3 is 2.61 bits per heavy atom. The summed E-state index contributed by atoms with van der Waals surface area (Å²) in [4.78, 5) is 13.9. The van der Waals surface area contributed by atoms with Crippen molar-refractivity contribution in [2.75, 3.05) is 0 Å². The van der Waals surface area contributed by atoms with Gasteiger partial charge in [0, 0.05) is 6.54 Å². The second-order valence-corrected chi connectivity index (χ2v) is 7.18. The summed E-state index contributed by atoms with van der Waals surface area (Å²) in [6, 6.07) is 10.1. The fourth-order valence-electron chi connectivity index (χ4n) is 2.24. The molecule has 0 fully saturated rings. The van der Waals surface area contributed by atoms with E-state index in [-0.39, 0.29) is 11.4 Å². The molecule has 0 aliphatic heterocycles. The molecule has 0 atom stereocenters. The zero-order chi connectivity index (χ0) is 16.6. The predicted octanol–water partition coefficient (Wildman–Crippen LogP) is 2.22. The van der Waals surface area contributed by atoms with Crippen LogP contribution in [0.5, 0.6) is 0 Å². The lowest BCUT2D eigenvalue weighted by molar-refractivity contribution is 0.554. The number of hydrogen-bond acceptors (Lipinski definition) is 4. The van der Waals surface area contributed by atoms with Gasteiger partial charge < -0.3 is 4.42 Å². The molecule has 0 unspecified atom stereocenters. The number of rotatable bonds is 4. The summed E-state index contributed by atoms with van der Waals surface area (Å²) in [5, 5.41) is 0. The van der Waals surface area contributed by atoms with Gasteiger partial charge in [-0.05, 0) is 54.8 Å². The van der Waals surface area contributed by atoms with Gasteiger partial charge in [-0.25, -0.2) is 17.9 Å². The standard InChI is InChI=1S/C16H16N2O4S/c1-10-3-5-13(7-11(10)2)23(20,21)17-9-12-4-6-14-15(8-12)22-16(19)18-14/h3-8,17H,9H2,1-2H3,(H,18,19). The van der Waals surface area contributed by atoms with Gasteiger partial charge >= 0.3 is 5.76 Å². The molecule has 3 rings (SSSR count). The number of hydrogen-bond donors (Lipinski definition) is 2. The van der Waals surface area contributed by atoms with Crippen molar-refractivity contribution in [3.05, 3.63) is 63.6 Å². The Kier molecular flexibility index (Phi) is 3.83. The van der Waals surface area contributed by atoms with Gasteiger partial charge in [0.2, 0.25) is 10.0 Å². The van der Waals surface area contributed by atoms with Gasteiger partial charge in [-0.15, -0.1) is 0 Å². The molecule has 0 amide bonds. The Balaban J connectivity index is 1.82. The van der Waals surface area contributed by atoms with Crippen molar-refractivity contribution in [1.29, 1.82) is 0 Å². The van der Waals surface area contributed by atoms with E-state index in [2.05, 4.69) is 9.71 Å². The molecule has 2 N–H and O–H groups in total. The number of oxazole rings is 1. The van der Waals surface area contributed by atoms with Crippen molar-refractivity contribution in [1.82, 2.24) is 9.71 Å². The molecule has 1 aromatic heterocycles. The lowest BCUT2D eigenvalue weighted by atomic mass is 10.1. The molecule has 2 aromatic carbocycles. The van der Waals surface area contributed by atoms with Crippen LogP contribution in [-0.2, 0) is 16.6 Å². The van der Waals surface area contributed by atoms with Crippen molar-refractivity contribution < 1.29 is 12.8 Å². The molecule has 0 aliphatic rings. The number of aromatic amines is 1. The normalized spacial score (nSPS) is 11.9. The lowest BCUT2D eigenvalue weighted by Crippen LogP contribution is -2.23. The number of sulfonamides is 1. The number of nitrogens with one attached hydrogen (secondary N) is 2. The summed E-state index contributed by atoms with van der Waals surface area (Å²) in [6.07, 6.45) is 0. The Morgan fingerprint density at radius 2 is 1.87 bits per heavy atom. The van der Waals surface area contributed by atoms with Crippen molar-refractivity contribution in [2.24, 2.45) is 0 Å². The van der Waals surface area contributed by atoms with E-state index in [9.17, 15) is 13.2 Å². The topological polar surface area (TPSA) is 92.2 Å². The molecule has 0 saturated heterocycles. The zero-order valence-electron chi connectivity index (χ0n) is 12.7. The van der Waals surface area contributed by atoms with Gasteiger partial charge in [-0.1, -0.05) is 12.1 Å². The summed E-state index contributed by atoms with van der Waals surface area (Å²) < 4.78 is 32.2. The van der Waals surface area contributed by atoms with Crippen LogP contribution in [-0.4, -0.2) is 13.4 Å². The van der Waals surface area contributed by atoms with E-state index in [1.165, 1.54) is 0 Å². The van der Waals surface area contributed by atoms with Gasteiger partial charge in [0.15, 0.2) is 5.58 Å². The monoisotopic (exact) mass is 332 g/mol. The van der Waals surface area contributed by atoms with Crippen LogP contribution in [0.15, 0.2) is 50.5 Å². The largest absolute Gasteiger partial charge is 0.417 e. The smallest absolute Gasteiger partial charge is 0.408 e. The minimum absolute atomic E-state index is 0.111. The highest BCUT2D eigenvalue weighted by Gasteiger charge is 2.14. The van der Waals surface area contributed by atoms with Crippen LogP contribution in [0.3, 0.4) is 0 Å². The summed E-state index contributed by atoms with van der Waals surface area (Å²) in [5.41, 5.74) is 3.64. The SMILES string of the molecule is Cc1ccc(S(=O)(=O)NCc2ccc3[nH]c(=O)oc3c2)cc1C. The second-order valence-electron chi connectivity index (χ2n) is 5.42. The molecule has 3 aromatic rings. The fourth-order valence-corrected chi connectivity index (χ4v) is 3.34. The van der Waals surface area contributed by atoms with Crippen LogP contribution in [0, 0.1) is 13.8 Å². The van der Waals surface area contributed by atoms with E-state index in [1.54, 1.807) is 36.4 Å². The van der Waals surface area contributed by atoms with Gasteiger partial charge in [-0.3, -0.25) is 4.98 Å². The van der Waals surface area contributed by atoms with Gasteiger partial charge in [0.1, 0.15) is 0 Å². The zero-order valence-corrected chi connectivity index (χ0v) is 13.5. The van der Waals surface area contributed by atoms with E-state index >= 15 is 0 Å². The van der Waals surface area contributed by atoms with Crippen molar-refractivity contribution in [3.8, 4) is 0 Å².